The summed E-state index contributed by atoms with van der Waals surface area (Å²) in [6.45, 7) is 9.42. The molecule has 0 aromatic rings. The van der Waals surface area contributed by atoms with Crippen LogP contribution in [0.25, 0.3) is 0 Å². The van der Waals surface area contributed by atoms with Crippen molar-refractivity contribution in [1.29, 1.82) is 0 Å². The number of hydrogen-bond acceptors (Lipinski definition) is 5. The number of hydrogen-bond donors (Lipinski definition) is 2. The first-order valence-corrected chi connectivity index (χ1v) is 8.56. The number of primary amides is 1. The van der Waals surface area contributed by atoms with E-state index in [1.807, 2.05) is 0 Å². The summed E-state index contributed by atoms with van der Waals surface area (Å²) < 4.78 is 0. The van der Waals surface area contributed by atoms with Crippen molar-refractivity contribution in [3.05, 3.63) is 0 Å². The fourth-order valence-electron chi connectivity index (χ4n) is 1.74. The van der Waals surface area contributed by atoms with E-state index in [1.54, 1.807) is 0 Å². The Hall–Kier alpha value is -0.590. The molecule has 0 aromatic heterocycles. The predicted molar refractivity (Wildman–Crippen MR) is 86.0 cm³/mol. The van der Waals surface area contributed by atoms with Crippen LogP contribution < -0.4 is 11.1 Å². The fraction of sp³-hybridized carbons (Fsp3) is 0.857. The van der Waals surface area contributed by atoms with E-state index in [9.17, 15) is 9.59 Å². The van der Waals surface area contributed by atoms with Gasteiger partial charge in [0.15, 0.2) is 0 Å². The molecular weight excluding hydrogens is 274 g/mol. The largest absolute Gasteiger partial charge is 0.370 e. The van der Waals surface area contributed by atoms with Crippen LogP contribution in [0.1, 0.15) is 33.1 Å². The van der Waals surface area contributed by atoms with Crippen LogP contribution in [0.4, 0.5) is 0 Å². The summed E-state index contributed by atoms with van der Waals surface area (Å²) in [6, 6.07) is 0. The quantitative estimate of drug-likeness (QED) is 0.466. The highest BCUT2D eigenvalue weighted by Crippen LogP contribution is 2.04. The van der Waals surface area contributed by atoms with Crippen molar-refractivity contribution in [3.8, 4) is 0 Å². The molecule has 1 amide bonds. The molecule has 6 heteroatoms. The Morgan fingerprint density at radius 3 is 2.45 bits per heavy atom. The van der Waals surface area contributed by atoms with Crippen LogP contribution in [0.2, 0.25) is 0 Å². The van der Waals surface area contributed by atoms with E-state index in [0.29, 0.717) is 24.3 Å². The summed E-state index contributed by atoms with van der Waals surface area (Å²) in [4.78, 5) is 24.4. The van der Waals surface area contributed by atoms with Crippen LogP contribution in [0.3, 0.4) is 0 Å². The molecule has 0 aliphatic heterocycles. The lowest BCUT2D eigenvalue weighted by Crippen LogP contribution is -2.32. The van der Waals surface area contributed by atoms with Gasteiger partial charge in [-0.2, -0.15) is 11.8 Å². The standard InChI is InChI=1S/C14H29N3O2S/c1-3-17(4-2)10-9-16-8-5-6-13(18)12-20-11-7-14(15)19/h16H,3-12H2,1-2H3,(H2,15,19). The van der Waals surface area contributed by atoms with Gasteiger partial charge in [-0.25, -0.2) is 0 Å². The van der Waals surface area contributed by atoms with Crippen LogP contribution >= 0.6 is 11.8 Å². The normalized spacial score (nSPS) is 10.9. The second-order valence-corrected chi connectivity index (χ2v) is 5.79. The minimum atomic E-state index is -0.303. The van der Waals surface area contributed by atoms with Crippen LogP contribution in [0.5, 0.6) is 0 Å². The molecule has 0 unspecified atom stereocenters. The first kappa shape index (κ1) is 19.4. The van der Waals surface area contributed by atoms with Gasteiger partial charge >= 0.3 is 0 Å². The molecule has 0 bridgehead atoms. The maximum absolute atomic E-state index is 11.5. The second-order valence-electron chi connectivity index (χ2n) is 4.69. The van der Waals surface area contributed by atoms with Gasteiger partial charge in [-0.15, -0.1) is 0 Å². The number of thioether (sulfide) groups is 1. The van der Waals surface area contributed by atoms with E-state index in [0.717, 1.165) is 39.1 Å². The molecule has 0 heterocycles. The fourth-order valence-corrected chi connectivity index (χ4v) is 2.61. The van der Waals surface area contributed by atoms with Crippen molar-refractivity contribution >= 4 is 23.5 Å². The third kappa shape index (κ3) is 12.4. The predicted octanol–water partition coefficient (Wildman–Crippen LogP) is 0.876. The second kappa shape index (κ2) is 13.4. The third-order valence-corrected chi connectivity index (χ3v) is 4.08. The summed E-state index contributed by atoms with van der Waals surface area (Å²) in [6.07, 6.45) is 1.85. The van der Waals surface area contributed by atoms with Gasteiger partial charge in [0.05, 0.1) is 5.75 Å². The van der Waals surface area contributed by atoms with Gasteiger partial charge in [0, 0.05) is 31.7 Å². The average Bonchev–Trinajstić information content (AvgIpc) is 2.42. The lowest BCUT2D eigenvalue weighted by atomic mass is 10.2. The summed E-state index contributed by atoms with van der Waals surface area (Å²) >= 11 is 1.49. The molecule has 0 spiro atoms. The SMILES string of the molecule is CCN(CC)CCNCCCC(=O)CSCCC(N)=O. The molecule has 0 saturated heterocycles. The topological polar surface area (TPSA) is 75.4 Å². The number of rotatable bonds is 14. The van der Waals surface area contributed by atoms with Gasteiger partial charge in [-0.3, -0.25) is 9.59 Å². The zero-order valence-corrected chi connectivity index (χ0v) is 13.6. The minimum absolute atomic E-state index is 0.255. The van der Waals surface area contributed by atoms with Crippen molar-refractivity contribution in [1.82, 2.24) is 10.2 Å². The zero-order valence-electron chi connectivity index (χ0n) is 12.8. The molecule has 0 fully saturated rings. The van der Waals surface area contributed by atoms with Gasteiger partial charge in [0.2, 0.25) is 5.91 Å². The van der Waals surface area contributed by atoms with Crippen LogP contribution in [0, 0.1) is 0 Å². The molecular formula is C14H29N3O2S. The molecule has 0 aromatic carbocycles. The Kier molecular flexibility index (Phi) is 13.0. The first-order valence-electron chi connectivity index (χ1n) is 7.40. The van der Waals surface area contributed by atoms with Gasteiger partial charge in [0.25, 0.3) is 0 Å². The summed E-state index contributed by atoms with van der Waals surface area (Å²) in [7, 11) is 0. The number of nitrogens with zero attached hydrogens (tertiary/aromatic N) is 1. The van der Waals surface area contributed by atoms with E-state index >= 15 is 0 Å². The number of nitrogens with one attached hydrogen (secondary N) is 1. The molecule has 0 aliphatic rings. The van der Waals surface area contributed by atoms with E-state index in [2.05, 4.69) is 24.1 Å². The molecule has 3 N–H and O–H groups in total. The number of Topliss-reactive ketones (excluding diaryl/α,β-unsaturated/α-hetero) is 1. The van der Waals surface area contributed by atoms with Crippen LogP contribution in [-0.4, -0.2) is 60.8 Å². The minimum Gasteiger partial charge on any atom is -0.370 e. The number of ketones is 1. The number of amides is 1. The highest BCUT2D eigenvalue weighted by Gasteiger charge is 2.03. The van der Waals surface area contributed by atoms with E-state index in [4.69, 9.17) is 5.73 Å². The number of carbonyl (C=O) groups is 2. The molecule has 118 valence electrons. The van der Waals surface area contributed by atoms with E-state index in [1.165, 1.54) is 11.8 Å². The van der Waals surface area contributed by atoms with Crippen molar-refractivity contribution in [2.24, 2.45) is 5.73 Å². The van der Waals surface area contributed by atoms with Crippen molar-refractivity contribution < 1.29 is 9.59 Å². The molecule has 20 heavy (non-hydrogen) atoms. The van der Waals surface area contributed by atoms with Gasteiger partial charge in [0.1, 0.15) is 5.78 Å². The van der Waals surface area contributed by atoms with Gasteiger partial charge < -0.3 is 16.0 Å². The maximum Gasteiger partial charge on any atom is 0.218 e. The maximum atomic E-state index is 11.5. The number of likely N-dealkylation sites (N-methyl/N-ethyl adjacent to an activating group) is 1. The summed E-state index contributed by atoms with van der Waals surface area (Å²) in [5.41, 5.74) is 5.03. The summed E-state index contributed by atoms with van der Waals surface area (Å²) in [5.74, 6) is 1.09. The molecule has 5 nitrogen and oxygen atoms in total. The monoisotopic (exact) mass is 303 g/mol. The zero-order chi connectivity index (χ0) is 15.2. The molecule has 0 aliphatic carbocycles. The Bertz CT molecular complexity index is 271. The van der Waals surface area contributed by atoms with E-state index < -0.39 is 0 Å². The summed E-state index contributed by atoms with van der Waals surface area (Å²) in [5, 5.41) is 3.36. The highest BCUT2D eigenvalue weighted by molar-refractivity contribution is 7.99. The van der Waals surface area contributed by atoms with Crippen LogP contribution in [-0.2, 0) is 9.59 Å². The lowest BCUT2D eigenvalue weighted by molar-refractivity contribution is -0.118. The molecule has 0 rings (SSSR count). The Labute approximate surface area is 127 Å². The van der Waals surface area contributed by atoms with Crippen LogP contribution in [0.15, 0.2) is 0 Å². The van der Waals surface area contributed by atoms with Crippen molar-refractivity contribution in [3.63, 3.8) is 0 Å². The van der Waals surface area contributed by atoms with Crippen molar-refractivity contribution in [2.75, 3.05) is 44.2 Å². The Balaban J connectivity index is 3.33. The Morgan fingerprint density at radius 1 is 1.15 bits per heavy atom. The molecule has 0 atom stereocenters. The third-order valence-electron chi connectivity index (χ3n) is 3.06. The lowest BCUT2D eigenvalue weighted by Gasteiger charge is -2.17. The average molecular weight is 303 g/mol. The van der Waals surface area contributed by atoms with Gasteiger partial charge in [-0.1, -0.05) is 13.8 Å². The smallest absolute Gasteiger partial charge is 0.218 e. The number of carbonyl (C=O) groups excluding carboxylic acids is 2. The van der Waals surface area contributed by atoms with Gasteiger partial charge in [-0.05, 0) is 26.1 Å². The first-order chi connectivity index (χ1) is 9.60. The highest BCUT2D eigenvalue weighted by atomic mass is 32.2. The molecule has 0 saturated carbocycles. The van der Waals surface area contributed by atoms with Crippen molar-refractivity contribution in [2.45, 2.75) is 33.1 Å². The van der Waals surface area contributed by atoms with E-state index in [-0.39, 0.29) is 11.7 Å². The number of nitrogens with two attached hydrogens (primary N) is 1. The Morgan fingerprint density at radius 2 is 1.85 bits per heavy atom. The molecule has 0 radical (unpaired) electrons.